The fourth-order valence-electron chi connectivity index (χ4n) is 3.63. The van der Waals surface area contributed by atoms with E-state index in [-0.39, 0.29) is 6.03 Å². The van der Waals surface area contributed by atoms with Crippen molar-refractivity contribution >= 4 is 17.8 Å². The highest BCUT2D eigenvalue weighted by atomic mass is 32.2. The van der Waals surface area contributed by atoms with E-state index < -0.39 is 0 Å². The summed E-state index contributed by atoms with van der Waals surface area (Å²) in [7, 11) is 0. The first-order chi connectivity index (χ1) is 11.8. The van der Waals surface area contributed by atoms with E-state index >= 15 is 0 Å². The number of amides is 2. The van der Waals surface area contributed by atoms with Gasteiger partial charge >= 0.3 is 6.03 Å². The molecule has 5 heteroatoms. The predicted octanol–water partition coefficient (Wildman–Crippen LogP) is 2.84. The van der Waals surface area contributed by atoms with Crippen LogP contribution in [0.3, 0.4) is 0 Å². The number of benzene rings is 1. The molecule has 2 aliphatic rings. The van der Waals surface area contributed by atoms with Gasteiger partial charge in [0, 0.05) is 38.8 Å². The van der Waals surface area contributed by atoms with Crippen LogP contribution in [-0.2, 0) is 6.42 Å². The van der Waals surface area contributed by atoms with Gasteiger partial charge in [-0.1, -0.05) is 30.3 Å². The highest BCUT2D eigenvalue weighted by Crippen LogP contribution is 2.22. The summed E-state index contributed by atoms with van der Waals surface area (Å²) in [5.41, 5.74) is 1.27. The smallest absolute Gasteiger partial charge is 0.317 e. The number of nitrogens with one attached hydrogen (secondary N) is 1. The van der Waals surface area contributed by atoms with Gasteiger partial charge < -0.3 is 10.2 Å². The highest BCUT2D eigenvalue weighted by molar-refractivity contribution is 7.99. The molecular formula is C19H29N3OS. The number of rotatable bonds is 4. The lowest BCUT2D eigenvalue weighted by Crippen LogP contribution is -2.44. The molecule has 132 valence electrons. The van der Waals surface area contributed by atoms with Crippen LogP contribution in [0.1, 0.15) is 24.8 Å². The molecule has 2 heterocycles. The lowest BCUT2D eigenvalue weighted by molar-refractivity contribution is 0.181. The zero-order chi connectivity index (χ0) is 16.6. The Morgan fingerprint density at radius 3 is 2.67 bits per heavy atom. The predicted molar refractivity (Wildman–Crippen MR) is 102 cm³/mol. The van der Waals surface area contributed by atoms with Crippen LogP contribution in [0.5, 0.6) is 0 Å². The maximum absolute atomic E-state index is 12.4. The standard InChI is InChI=1S/C19H29N3OS/c23-19(20-10-7-17-5-2-1-3-6-17)22-12-4-11-21(13-14-22)18-8-15-24-16-9-18/h1-3,5-6,18H,4,7-16H2,(H,20,23). The first-order valence-electron chi connectivity index (χ1n) is 9.21. The van der Waals surface area contributed by atoms with Crippen LogP contribution in [0, 0.1) is 0 Å². The molecule has 2 aliphatic heterocycles. The third-order valence-electron chi connectivity index (χ3n) is 5.06. The van der Waals surface area contributed by atoms with Gasteiger partial charge in [0.2, 0.25) is 0 Å². The number of carbonyl (C=O) groups excluding carboxylic acids is 1. The van der Waals surface area contributed by atoms with Crippen molar-refractivity contribution < 1.29 is 4.79 Å². The lowest BCUT2D eigenvalue weighted by Gasteiger charge is -2.33. The molecule has 4 nitrogen and oxygen atoms in total. The second-order valence-electron chi connectivity index (χ2n) is 6.69. The molecule has 0 aliphatic carbocycles. The van der Waals surface area contributed by atoms with Crippen LogP contribution in [0.4, 0.5) is 4.79 Å². The third kappa shape index (κ3) is 5.15. The van der Waals surface area contributed by atoms with Crippen molar-refractivity contribution in [1.29, 1.82) is 0 Å². The molecule has 0 saturated carbocycles. The Morgan fingerprint density at radius 2 is 1.88 bits per heavy atom. The van der Waals surface area contributed by atoms with E-state index in [0.717, 1.165) is 45.1 Å². The Balaban J connectivity index is 1.40. The van der Waals surface area contributed by atoms with Crippen molar-refractivity contribution in [2.24, 2.45) is 0 Å². The lowest BCUT2D eigenvalue weighted by atomic mass is 10.1. The average molecular weight is 348 g/mol. The summed E-state index contributed by atoms with van der Waals surface area (Å²) < 4.78 is 0. The van der Waals surface area contributed by atoms with Gasteiger partial charge in [0.1, 0.15) is 0 Å². The molecule has 0 bridgehead atoms. The second-order valence-corrected chi connectivity index (χ2v) is 7.91. The summed E-state index contributed by atoms with van der Waals surface area (Å²) in [5, 5.41) is 3.09. The van der Waals surface area contributed by atoms with Crippen molar-refractivity contribution in [3.05, 3.63) is 35.9 Å². The molecule has 0 unspecified atom stereocenters. The van der Waals surface area contributed by atoms with Gasteiger partial charge in [0.25, 0.3) is 0 Å². The van der Waals surface area contributed by atoms with E-state index in [2.05, 4.69) is 34.1 Å². The average Bonchev–Trinajstić information content (AvgIpc) is 2.89. The van der Waals surface area contributed by atoms with E-state index in [4.69, 9.17) is 0 Å². The van der Waals surface area contributed by atoms with Gasteiger partial charge in [-0.2, -0.15) is 11.8 Å². The van der Waals surface area contributed by atoms with Crippen LogP contribution in [0.15, 0.2) is 30.3 Å². The maximum atomic E-state index is 12.4. The summed E-state index contributed by atoms with van der Waals surface area (Å²) in [5.74, 6) is 2.59. The minimum absolute atomic E-state index is 0.104. The van der Waals surface area contributed by atoms with Gasteiger partial charge in [-0.25, -0.2) is 4.79 Å². The van der Waals surface area contributed by atoms with Gasteiger partial charge in [-0.05, 0) is 42.8 Å². The quantitative estimate of drug-likeness (QED) is 0.910. The Morgan fingerprint density at radius 1 is 1.08 bits per heavy atom. The molecule has 0 atom stereocenters. The van der Waals surface area contributed by atoms with Gasteiger partial charge in [0.15, 0.2) is 0 Å². The number of thioether (sulfide) groups is 1. The number of carbonyl (C=O) groups is 1. The number of hydrogen-bond donors (Lipinski definition) is 1. The van der Waals surface area contributed by atoms with Gasteiger partial charge in [-0.3, -0.25) is 4.90 Å². The maximum Gasteiger partial charge on any atom is 0.317 e. The summed E-state index contributed by atoms with van der Waals surface area (Å²) in [6.45, 7) is 4.63. The molecule has 2 saturated heterocycles. The first kappa shape index (κ1) is 17.6. The summed E-state index contributed by atoms with van der Waals surface area (Å²) in [4.78, 5) is 17.0. The number of nitrogens with zero attached hydrogens (tertiary/aromatic N) is 2. The highest BCUT2D eigenvalue weighted by Gasteiger charge is 2.25. The monoisotopic (exact) mass is 347 g/mol. The topological polar surface area (TPSA) is 35.6 Å². The van der Waals surface area contributed by atoms with Crippen molar-refractivity contribution in [2.45, 2.75) is 31.7 Å². The van der Waals surface area contributed by atoms with Crippen LogP contribution in [0.25, 0.3) is 0 Å². The zero-order valence-electron chi connectivity index (χ0n) is 14.5. The molecule has 0 spiro atoms. The number of hydrogen-bond acceptors (Lipinski definition) is 3. The normalized spacial score (nSPS) is 20.6. The molecular weight excluding hydrogens is 318 g/mol. The summed E-state index contributed by atoms with van der Waals surface area (Å²) in [6, 6.07) is 11.2. The fourth-order valence-corrected chi connectivity index (χ4v) is 4.71. The van der Waals surface area contributed by atoms with Crippen molar-refractivity contribution in [1.82, 2.24) is 15.1 Å². The molecule has 2 fully saturated rings. The summed E-state index contributed by atoms with van der Waals surface area (Å²) in [6.07, 6.45) is 4.61. The Labute approximate surface area is 150 Å². The van der Waals surface area contributed by atoms with Crippen molar-refractivity contribution in [3.8, 4) is 0 Å². The molecule has 0 radical (unpaired) electrons. The van der Waals surface area contributed by atoms with Gasteiger partial charge in [-0.15, -0.1) is 0 Å². The van der Waals surface area contributed by atoms with Crippen LogP contribution >= 0.6 is 11.8 Å². The van der Waals surface area contributed by atoms with Crippen LogP contribution in [0.2, 0.25) is 0 Å². The second kappa shape index (κ2) is 9.33. The first-order valence-corrected chi connectivity index (χ1v) is 10.4. The fraction of sp³-hybridized carbons (Fsp3) is 0.632. The third-order valence-corrected chi connectivity index (χ3v) is 6.11. The van der Waals surface area contributed by atoms with Crippen LogP contribution in [-0.4, -0.2) is 66.1 Å². The molecule has 24 heavy (non-hydrogen) atoms. The van der Waals surface area contributed by atoms with E-state index in [1.54, 1.807) is 0 Å². The van der Waals surface area contributed by atoms with E-state index in [9.17, 15) is 4.79 Å². The molecule has 2 amide bonds. The largest absolute Gasteiger partial charge is 0.338 e. The molecule has 1 N–H and O–H groups in total. The van der Waals surface area contributed by atoms with E-state index in [0.29, 0.717) is 6.54 Å². The minimum atomic E-state index is 0.104. The summed E-state index contributed by atoms with van der Waals surface area (Å²) >= 11 is 2.08. The Hall–Kier alpha value is -1.20. The SMILES string of the molecule is O=C(NCCc1ccccc1)N1CCCN(C2CCSCC2)CC1. The van der Waals surface area contributed by atoms with E-state index in [1.165, 1.54) is 29.9 Å². The van der Waals surface area contributed by atoms with E-state index in [1.807, 2.05) is 23.1 Å². The zero-order valence-corrected chi connectivity index (χ0v) is 15.3. The van der Waals surface area contributed by atoms with Crippen LogP contribution < -0.4 is 5.32 Å². The molecule has 3 rings (SSSR count). The Bertz CT molecular complexity index is 505. The minimum Gasteiger partial charge on any atom is -0.338 e. The van der Waals surface area contributed by atoms with Crippen molar-refractivity contribution in [3.63, 3.8) is 0 Å². The molecule has 0 aromatic heterocycles. The molecule has 1 aromatic rings. The molecule has 1 aromatic carbocycles. The Kier molecular flexibility index (Phi) is 6.85. The number of urea groups is 1. The van der Waals surface area contributed by atoms with Gasteiger partial charge in [0.05, 0.1) is 0 Å². The van der Waals surface area contributed by atoms with Crippen molar-refractivity contribution in [2.75, 3.05) is 44.2 Å².